The molecular formula is C17H15N3O. The van der Waals surface area contributed by atoms with Gasteiger partial charge in [0.15, 0.2) is 0 Å². The summed E-state index contributed by atoms with van der Waals surface area (Å²) in [5.74, 6) is 0.0172. The number of nitrogens with two attached hydrogens (primary N) is 1. The molecule has 0 unspecified atom stereocenters. The number of rotatable bonds is 3. The third-order valence-corrected chi connectivity index (χ3v) is 3.69. The molecule has 104 valence electrons. The predicted octanol–water partition coefficient (Wildman–Crippen LogP) is 2.91. The Bertz CT molecular complexity index is 770. The highest BCUT2D eigenvalue weighted by molar-refractivity contribution is 6.00. The van der Waals surface area contributed by atoms with Crippen molar-refractivity contribution in [1.29, 1.82) is 5.26 Å². The maximum Gasteiger partial charge on any atom is 0.249 e. The molecule has 4 heteroatoms. The highest BCUT2D eigenvalue weighted by atomic mass is 16.1. The molecule has 0 aliphatic heterocycles. The Kier molecular flexibility index (Phi) is 3.19. The monoisotopic (exact) mass is 277 g/mol. The fourth-order valence-electron chi connectivity index (χ4n) is 2.51. The van der Waals surface area contributed by atoms with Crippen LogP contribution < -0.4 is 5.73 Å². The standard InChI is InChI=1S/C17H15N3O/c1-10-6-13(8-16(20-10)12-3-4-12)14-5-2-11(9-18)7-15(14)17(19)21/h2,5-8,12H,3-4H2,1H3,(H2,19,21). The average molecular weight is 277 g/mol. The third-order valence-electron chi connectivity index (χ3n) is 3.69. The number of hydrogen-bond acceptors (Lipinski definition) is 3. The van der Waals surface area contributed by atoms with Gasteiger partial charge in [0.05, 0.1) is 11.6 Å². The third kappa shape index (κ3) is 2.63. The van der Waals surface area contributed by atoms with E-state index in [1.165, 1.54) is 12.8 Å². The van der Waals surface area contributed by atoms with Crippen molar-refractivity contribution in [1.82, 2.24) is 4.98 Å². The van der Waals surface area contributed by atoms with E-state index >= 15 is 0 Å². The Morgan fingerprint density at radius 3 is 2.71 bits per heavy atom. The van der Waals surface area contributed by atoms with Gasteiger partial charge in [-0.05, 0) is 55.2 Å². The minimum Gasteiger partial charge on any atom is -0.366 e. The van der Waals surface area contributed by atoms with Gasteiger partial charge in [0, 0.05) is 22.9 Å². The zero-order chi connectivity index (χ0) is 15.0. The molecule has 2 N–H and O–H groups in total. The molecule has 21 heavy (non-hydrogen) atoms. The van der Waals surface area contributed by atoms with Gasteiger partial charge in [-0.25, -0.2) is 0 Å². The lowest BCUT2D eigenvalue weighted by Gasteiger charge is -2.10. The molecule has 0 atom stereocenters. The summed E-state index contributed by atoms with van der Waals surface area (Å²) in [4.78, 5) is 16.2. The van der Waals surface area contributed by atoms with Crippen LogP contribution in [0.4, 0.5) is 0 Å². The van der Waals surface area contributed by atoms with Crippen molar-refractivity contribution < 1.29 is 4.79 Å². The molecule has 0 bridgehead atoms. The number of carbonyl (C=O) groups excluding carboxylic acids is 1. The first-order valence-electron chi connectivity index (χ1n) is 6.91. The number of pyridine rings is 1. The Hall–Kier alpha value is -2.67. The molecular weight excluding hydrogens is 262 g/mol. The van der Waals surface area contributed by atoms with Crippen molar-refractivity contribution in [2.45, 2.75) is 25.7 Å². The number of benzene rings is 1. The van der Waals surface area contributed by atoms with Crippen LogP contribution in [0.1, 0.15) is 46.1 Å². The van der Waals surface area contributed by atoms with Crippen molar-refractivity contribution in [3.8, 4) is 17.2 Å². The summed E-state index contributed by atoms with van der Waals surface area (Å²) in [6.45, 7) is 1.95. The smallest absolute Gasteiger partial charge is 0.249 e. The molecule has 1 aliphatic rings. The number of aryl methyl sites for hydroxylation is 1. The fourth-order valence-corrected chi connectivity index (χ4v) is 2.51. The topological polar surface area (TPSA) is 79.8 Å². The summed E-state index contributed by atoms with van der Waals surface area (Å²) in [5.41, 5.74) is 9.96. The van der Waals surface area contributed by atoms with E-state index in [0.29, 0.717) is 17.0 Å². The van der Waals surface area contributed by atoms with Crippen LogP contribution in [0.2, 0.25) is 0 Å². The van der Waals surface area contributed by atoms with Gasteiger partial charge in [-0.2, -0.15) is 5.26 Å². The van der Waals surface area contributed by atoms with Crippen LogP contribution in [0.5, 0.6) is 0 Å². The lowest BCUT2D eigenvalue weighted by molar-refractivity contribution is 0.100. The van der Waals surface area contributed by atoms with Gasteiger partial charge in [0.2, 0.25) is 5.91 Å². The van der Waals surface area contributed by atoms with Crippen molar-refractivity contribution in [3.05, 3.63) is 52.8 Å². The van der Waals surface area contributed by atoms with E-state index in [0.717, 1.165) is 22.5 Å². The Balaban J connectivity index is 2.16. The van der Waals surface area contributed by atoms with Crippen molar-refractivity contribution in [2.24, 2.45) is 5.73 Å². The van der Waals surface area contributed by atoms with Crippen LogP contribution in [-0.2, 0) is 0 Å². The maximum absolute atomic E-state index is 11.7. The molecule has 3 rings (SSSR count). The zero-order valence-corrected chi connectivity index (χ0v) is 11.8. The van der Waals surface area contributed by atoms with Gasteiger partial charge in [0.1, 0.15) is 0 Å². The minimum atomic E-state index is -0.524. The normalized spacial score (nSPS) is 13.7. The lowest BCUT2D eigenvalue weighted by atomic mass is 9.96. The van der Waals surface area contributed by atoms with E-state index in [1.54, 1.807) is 18.2 Å². The SMILES string of the molecule is Cc1cc(-c2ccc(C#N)cc2C(N)=O)cc(C2CC2)n1. The summed E-state index contributed by atoms with van der Waals surface area (Å²) in [6, 6.07) is 11.0. The molecule has 1 saturated carbocycles. The van der Waals surface area contributed by atoms with Crippen LogP contribution in [0.15, 0.2) is 30.3 Å². The first-order valence-corrected chi connectivity index (χ1v) is 6.91. The van der Waals surface area contributed by atoms with Crippen LogP contribution in [0.25, 0.3) is 11.1 Å². The molecule has 1 aromatic heterocycles. The summed E-state index contributed by atoms with van der Waals surface area (Å²) < 4.78 is 0. The molecule has 2 aromatic rings. The van der Waals surface area contributed by atoms with Gasteiger partial charge in [0.25, 0.3) is 0 Å². The molecule has 0 saturated heterocycles. The van der Waals surface area contributed by atoms with Crippen molar-refractivity contribution in [3.63, 3.8) is 0 Å². The molecule has 1 amide bonds. The summed E-state index contributed by atoms with van der Waals surface area (Å²) in [5, 5.41) is 8.96. The Labute approximate surface area is 123 Å². The number of nitriles is 1. The van der Waals surface area contributed by atoms with E-state index in [4.69, 9.17) is 11.0 Å². The second kappa shape index (κ2) is 5.02. The van der Waals surface area contributed by atoms with Crippen LogP contribution in [-0.4, -0.2) is 10.9 Å². The van der Waals surface area contributed by atoms with Gasteiger partial charge in [-0.3, -0.25) is 9.78 Å². The fraction of sp³-hybridized carbons (Fsp3) is 0.235. The van der Waals surface area contributed by atoms with E-state index in [9.17, 15) is 4.79 Å². The molecule has 1 heterocycles. The Morgan fingerprint density at radius 2 is 2.10 bits per heavy atom. The second-order valence-electron chi connectivity index (χ2n) is 5.43. The molecule has 4 nitrogen and oxygen atoms in total. The summed E-state index contributed by atoms with van der Waals surface area (Å²) >= 11 is 0. The highest BCUT2D eigenvalue weighted by Gasteiger charge is 2.26. The predicted molar refractivity (Wildman–Crippen MR) is 79.6 cm³/mol. The first kappa shape index (κ1) is 13.3. The largest absolute Gasteiger partial charge is 0.366 e. The molecule has 1 aromatic carbocycles. The van der Waals surface area contributed by atoms with Crippen LogP contribution in [0.3, 0.4) is 0 Å². The highest BCUT2D eigenvalue weighted by Crippen LogP contribution is 2.40. The molecule has 1 aliphatic carbocycles. The summed E-state index contributed by atoms with van der Waals surface area (Å²) in [7, 11) is 0. The van der Waals surface area contributed by atoms with E-state index < -0.39 is 5.91 Å². The van der Waals surface area contributed by atoms with Crippen molar-refractivity contribution in [2.75, 3.05) is 0 Å². The average Bonchev–Trinajstić information content (AvgIpc) is 3.30. The van der Waals surface area contributed by atoms with Gasteiger partial charge < -0.3 is 5.73 Å². The Morgan fingerprint density at radius 1 is 1.33 bits per heavy atom. The molecule has 0 radical (unpaired) electrons. The number of carbonyl (C=O) groups is 1. The van der Waals surface area contributed by atoms with Crippen LogP contribution >= 0.6 is 0 Å². The zero-order valence-electron chi connectivity index (χ0n) is 11.8. The minimum absolute atomic E-state index is 0.376. The maximum atomic E-state index is 11.7. The number of amides is 1. The second-order valence-corrected chi connectivity index (χ2v) is 5.43. The van der Waals surface area contributed by atoms with Gasteiger partial charge in [-0.1, -0.05) is 6.07 Å². The van der Waals surface area contributed by atoms with E-state index in [-0.39, 0.29) is 0 Å². The number of nitrogens with zero attached hydrogens (tertiary/aromatic N) is 2. The van der Waals surface area contributed by atoms with Crippen LogP contribution in [0, 0.1) is 18.3 Å². The van der Waals surface area contributed by atoms with Crippen molar-refractivity contribution >= 4 is 5.91 Å². The number of primary amides is 1. The van der Waals surface area contributed by atoms with Gasteiger partial charge >= 0.3 is 0 Å². The van der Waals surface area contributed by atoms with E-state index in [1.807, 2.05) is 25.1 Å². The molecule has 0 spiro atoms. The lowest BCUT2D eigenvalue weighted by Crippen LogP contribution is -2.13. The number of hydrogen-bond donors (Lipinski definition) is 1. The number of aromatic nitrogens is 1. The van der Waals surface area contributed by atoms with Gasteiger partial charge in [-0.15, -0.1) is 0 Å². The summed E-state index contributed by atoms with van der Waals surface area (Å²) in [6.07, 6.45) is 2.35. The quantitative estimate of drug-likeness (QED) is 0.936. The molecule has 1 fully saturated rings. The van der Waals surface area contributed by atoms with E-state index in [2.05, 4.69) is 4.98 Å². The first-order chi connectivity index (χ1) is 10.1.